The van der Waals surface area contributed by atoms with E-state index in [-0.39, 0.29) is 30.5 Å². The summed E-state index contributed by atoms with van der Waals surface area (Å²) >= 11 is 0. The van der Waals surface area contributed by atoms with Gasteiger partial charge < -0.3 is 15.2 Å². The van der Waals surface area contributed by atoms with Gasteiger partial charge in [0, 0.05) is 32.6 Å². The number of aliphatic imine (C=N–C) groups is 1. The first kappa shape index (κ1) is 25.8. The molecule has 0 spiro atoms. The van der Waals surface area contributed by atoms with Gasteiger partial charge in [-0.15, -0.1) is 34.2 Å². The Morgan fingerprint density at radius 1 is 1.24 bits per heavy atom. The highest BCUT2D eigenvalue weighted by molar-refractivity contribution is 14.0. The molecule has 1 heterocycles. The number of aromatic nitrogens is 3. The molecule has 1 aromatic heterocycles. The van der Waals surface area contributed by atoms with Crippen LogP contribution in [-0.2, 0) is 23.0 Å². The quantitative estimate of drug-likeness (QED) is 0.129. The minimum atomic E-state index is -3.19. The minimum Gasteiger partial charge on any atom is -0.356 e. The minimum absolute atomic E-state index is 0. The van der Waals surface area contributed by atoms with Crippen LogP contribution in [-0.4, -0.2) is 61.6 Å². The number of hydrogen-bond donors (Lipinski definition) is 3. The Bertz CT molecular complexity index is 762. The fourth-order valence-electron chi connectivity index (χ4n) is 3.08. The molecule has 0 unspecified atom stereocenters. The van der Waals surface area contributed by atoms with Gasteiger partial charge in [-0.05, 0) is 32.1 Å². The summed E-state index contributed by atoms with van der Waals surface area (Å²) in [5, 5.41) is 14.7. The van der Waals surface area contributed by atoms with Crippen LogP contribution in [0.2, 0.25) is 0 Å². The van der Waals surface area contributed by atoms with Gasteiger partial charge in [-0.3, -0.25) is 4.99 Å². The number of nitrogens with zero attached hydrogens (tertiary/aromatic N) is 4. The van der Waals surface area contributed by atoms with Crippen LogP contribution >= 0.6 is 24.0 Å². The first-order valence-corrected chi connectivity index (χ1v) is 11.9. The molecule has 1 aliphatic rings. The second-order valence-electron chi connectivity index (χ2n) is 6.90. The maximum atomic E-state index is 11.2. The summed E-state index contributed by atoms with van der Waals surface area (Å²) in [6.45, 7) is 4.93. The van der Waals surface area contributed by atoms with Crippen molar-refractivity contribution in [1.82, 2.24) is 30.1 Å². The maximum absolute atomic E-state index is 11.2. The summed E-state index contributed by atoms with van der Waals surface area (Å²) in [5.74, 6) is 1.65. The molecule has 29 heavy (non-hydrogen) atoms. The predicted octanol–water partition coefficient (Wildman–Crippen LogP) is 1.43. The lowest BCUT2D eigenvalue weighted by Gasteiger charge is -2.16. The lowest BCUT2D eigenvalue weighted by atomic mass is 9.97. The van der Waals surface area contributed by atoms with Gasteiger partial charge in [-0.1, -0.05) is 18.6 Å². The van der Waals surface area contributed by atoms with Crippen molar-refractivity contribution in [1.29, 1.82) is 0 Å². The van der Waals surface area contributed by atoms with Crippen LogP contribution in [0.4, 0.5) is 0 Å². The highest BCUT2D eigenvalue weighted by Crippen LogP contribution is 2.19. The van der Waals surface area contributed by atoms with E-state index in [1.54, 1.807) is 6.33 Å². The maximum Gasteiger partial charge on any atom is 0.208 e. The average molecular weight is 539 g/mol. The van der Waals surface area contributed by atoms with Gasteiger partial charge in [0.05, 0.1) is 12.8 Å². The first-order chi connectivity index (χ1) is 13.5. The Hall–Kier alpha value is -1.21. The van der Waals surface area contributed by atoms with Crippen molar-refractivity contribution >= 4 is 40.0 Å². The Morgan fingerprint density at radius 3 is 2.72 bits per heavy atom. The largest absolute Gasteiger partial charge is 0.356 e. The Kier molecular flexibility index (Phi) is 12.4. The fourth-order valence-corrected chi connectivity index (χ4v) is 3.54. The van der Waals surface area contributed by atoms with E-state index < -0.39 is 10.0 Å². The summed E-state index contributed by atoms with van der Waals surface area (Å²) in [5.41, 5.74) is 1.51. The molecule has 0 fully saturated rings. The van der Waals surface area contributed by atoms with Crippen LogP contribution in [0, 0.1) is 0 Å². The third-order valence-corrected chi connectivity index (χ3v) is 5.26. The van der Waals surface area contributed by atoms with E-state index in [1.807, 2.05) is 4.57 Å². The van der Waals surface area contributed by atoms with Gasteiger partial charge in [-0.2, -0.15) is 0 Å². The molecular formula is C18H34IN7O2S. The molecule has 0 saturated heterocycles. The van der Waals surface area contributed by atoms with Gasteiger partial charge in [0.15, 0.2) is 5.96 Å². The van der Waals surface area contributed by atoms with E-state index >= 15 is 0 Å². The number of rotatable bonds is 11. The molecule has 0 aliphatic heterocycles. The summed E-state index contributed by atoms with van der Waals surface area (Å²) in [7, 11) is -3.19. The molecule has 0 radical (unpaired) electrons. The van der Waals surface area contributed by atoms with Crippen molar-refractivity contribution in [3.05, 3.63) is 23.8 Å². The van der Waals surface area contributed by atoms with E-state index in [0.717, 1.165) is 38.0 Å². The number of hydrogen-bond acceptors (Lipinski definition) is 5. The second-order valence-corrected chi connectivity index (χ2v) is 8.74. The van der Waals surface area contributed by atoms with Crippen molar-refractivity contribution in [3.63, 3.8) is 0 Å². The highest BCUT2D eigenvalue weighted by Gasteiger charge is 2.06. The average Bonchev–Trinajstić information content (AvgIpc) is 3.12. The zero-order valence-corrected chi connectivity index (χ0v) is 20.5. The summed E-state index contributed by atoms with van der Waals surface area (Å²) in [6.07, 6.45) is 12.0. The molecule has 0 saturated carbocycles. The van der Waals surface area contributed by atoms with E-state index in [2.05, 4.69) is 43.5 Å². The smallest absolute Gasteiger partial charge is 0.208 e. The van der Waals surface area contributed by atoms with Gasteiger partial charge >= 0.3 is 0 Å². The molecule has 0 aromatic carbocycles. The van der Waals surface area contributed by atoms with Crippen LogP contribution < -0.4 is 15.4 Å². The molecule has 166 valence electrons. The Balaban J connectivity index is 0.00000420. The third kappa shape index (κ3) is 10.9. The van der Waals surface area contributed by atoms with Gasteiger partial charge in [0.25, 0.3) is 0 Å². The monoisotopic (exact) mass is 539 g/mol. The Labute approximate surface area is 191 Å². The number of aryl methyl sites for hydroxylation is 1. The lowest BCUT2D eigenvalue weighted by molar-refractivity contribution is 0.588. The van der Waals surface area contributed by atoms with Crippen molar-refractivity contribution in [2.75, 3.05) is 32.4 Å². The molecule has 9 nitrogen and oxygen atoms in total. The van der Waals surface area contributed by atoms with Crippen molar-refractivity contribution in [2.24, 2.45) is 4.99 Å². The zero-order valence-electron chi connectivity index (χ0n) is 17.4. The standard InChI is InChI=1S/C18H33N7O2S.HI/c1-3-17-24-22-15-25(17)14-13-21-18(20-11-12-23-28(2,26)27)19-10-9-16-7-5-4-6-8-16;/h7,15,23H,3-6,8-14H2,1-2H3,(H2,19,20,21);1H. The molecule has 0 amide bonds. The first-order valence-electron chi connectivity index (χ1n) is 9.99. The van der Waals surface area contributed by atoms with Crippen molar-refractivity contribution in [3.8, 4) is 0 Å². The van der Waals surface area contributed by atoms with Crippen LogP contribution in [0.25, 0.3) is 0 Å². The topological polar surface area (TPSA) is 113 Å². The summed E-state index contributed by atoms with van der Waals surface area (Å²) < 4.78 is 26.8. The van der Waals surface area contributed by atoms with Gasteiger partial charge in [0.1, 0.15) is 12.2 Å². The molecule has 1 aromatic rings. The van der Waals surface area contributed by atoms with Crippen LogP contribution in [0.5, 0.6) is 0 Å². The highest BCUT2D eigenvalue weighted by atomic mass is 127. The third-order valence-electron chi connectivity index (χ3n) is 4.53. The molecule has 11 heteroatoms. The van der Waals surface area contributed by atoms with E-state index in [1.165, 1.54) is 31.3 Å². The zero-order chi connectivity index (χ0) is 20.2. The van der Waals surface area contributed by atoms with E-state index in [0.29, 0.717) is 19.0 Å². The van der Waals surface area contributed by atoms with E-state index in [4.69, 9.17) is 0 Å². The normalized spacial score (nSPS) is 14.8. The predicted molar refractivity (Wildman–Crippen MR) is 127 cm³/mol. The molecular weight excluding hydrogens is 505 g/mol. The van der Waals surface area contributed by atoms with Gasteiger partial charge in [0.2, 0.25) is 10.0 Å². The number of allylic oxidation sites excluding steroid dienone is 1. The fraction of sp³-hybridized carbons (Fsp3) is 0.722. The van der Waals surface area contributed by atoms with Crippen molar-refractivity contribution < 1.29 is 8.42 Å². The van der Waals surface area contributed by atoms with E-state index in [9.17, 15) is 8.42 Å². The van der Waals surface area contributed by atoms with Gasteiger partial charge in [-0.25, -0.2) is 13.1 Å². The molecule has 1 aliphatic carbocycles. The number of guanidine groups is 1. The number of sulfonamides is 1. The molecule has 0 atom stereocenters. The molecule has 2 rings (SSSR count). The number of nitrogens with one attached hydrogen (secondary N) is 3. The molecule has 3 N–H and O–H groups in total. The lowest BCUT2D eigenvalue weighted by Crippen LogP contribution is -2.40. The molecule has 0 bridgehead atoms. The number of halogens is 1. The van der Waals surface area contributed by atoms with Crippen LogP contribution in [0.3, 0.4) is 0 Å². The SMILES string of the molecule is CCc1nncn1CCNC(=NCCNS(C)(=O)=O)NCCC1=CCCCC1.I. The van der Waals surface area contributed by atoms with Crippen LogP contribution in [0.15, 0.2) is 23.0 Å². The Morgan fingerprint density at radius 2 is 2.03 bits per heavy atom. The van der Waals surface area contributed by atoms with Crippen molar-refractivity contribution in [2.45, 2.75) is 52.0 Å². The summed E-state index contributed by atoms with van der Waals surface area (Å²) in [4.78, 5) is 4.48. The summed E-state index contributed by atoms with van der Waals surface area (Å²) in [6, 6.07) is 0. The van der Waals surface area contributed by atoms with Crippen LogP contribution in [0.1, 0.15) is 44.9 Å². The second kappa shape index (κ2) is 13.9.